The van der Waals surface area contributed by atoms with Gasteiger partial charge in [-0.3, -0.25) is 0 Å². The van der Waals surface area contributed by atoms with Gasteiger partial charge in [0.25, 0.3) is 0 Å². The van der Waals surface area contributed by atoms with Crippen LogP contribution in [0.4, 0.5) is 0 Å². The highest BCUT2D eigenvalue weighted by Crippen LogP contribution is 2.28. The number of phenolic OH excluding ortho intramolecular Hbond substituents is 1. The average molecular weight is 384 g/mol. The molecule has 0 fully saturated rings. The summed E-state index contributed by atoms with van der Waals surface area (Å²) in [5, 5.41) is 10.7. The van der Waals surface area contributed by atoms with Crippen molar-refractivity contribution in [1.29, 1.82) is 0 Å². The SMILES string of the molecule is COc1ccc(CC[NH+](C)Cc2cc(=O)oc3c(C)c(O)ccc23)cc1OC. The summed E-state index contributed by atoms with van der Waals surface area (Å²) in [5.41, 5.74) is 2.72. The van der Waals surface area contributed by atoms with Crippen LogP contribution in [0.5, 0.6) is 17.2 Å². The molecule has 3 aromatic rings. The summed E-state index contributed by atoms with van der Waals surface area (Å²) in [4.78, 5) is 13.2. The van der Waals surface area contributed by atoms with Gasteiger partial charge in [-0.05, 0) is 36.8 Å². The van der Waals surface area contributed by atoms with Crippen LogP contribution in [0.2, 0.25) is 0 Å². The van der Waals surface area contributed by atoms with E-state index < -0.39 is 5.63 Å². The number of methoxy groups -OCH3 is 2. The molecule has 148 valence electrons. The van der Waals surface area contributed by atoms with Crippen LogP contribution < -0.4 is 20.0 Å². The number of quaternary nitrogens is 1. The lowest BCUT2D eigenvalue weighted by atomic mass is 10.1. The molecule has 28 heavy (non-hydrogen) atoms. The van der Waals surface area contributed by atoms with Crippen molar-refractivity contribution >= 4 is 11.0 Å². The Balaban J connectivity index is 1.76. The third kappa shape index (κ3) is 4.12. The van der Waals surface area contributed by atoms with Crippen molar-refractivity contribution in [2.45, 2.75) is 19.9 Å². The molecule has 1 aromatic heterocycles. The van der Waals surface area contributed by atoms with Crippen molar-refractivity contribution in [3.05, 3.63) is 63.5 Å². The zero-order valence-electron chi connectivity index (χ0n) is 16.7. The van der Waals surface area contributed by atoms with Gasteiger partial charge in [0.1, 0.15) is 17.9 Å². The molecule has 1 atom stereocenters. The number of aryl methyl sites for hydroxylation is 1. The molecule has 0 saturated carbocycles. The monoisotopic (exact) mass is 384 g/mol. The molecule has 3 rings (SSSR count). The molecule has 0 saturated heterocycles. The number of hydrogen-bond acceptors (Lipinski definition) is 5. The van der Waals surface area contributed by atoms with Crippen LogP contribution in [0.3, 0.4) is 0 Å². The Morgan fingerprint density at radius 2 is 1.82 bits per heavy atom. The van der Waals surface area contributed by atoms with Gasteiger partial charge in [0.15, 0.2) is 11.5 Å². The summed E-state index contributed by atoms with van der Waals surface area (Å²) in [7, 11) is 5.34. The summed E-state index contributed by atoms with van der Waals surface area (Å²) in [6.45, 7) is 3.31. The highest BCUT2D eigenvalue weighted by atomic mass is 16.5. The standard InChI is InChI=1S/C22H25NO5/c1-14-18(24)7-6-17-16(12-21(25)28-22(14)17)13-23(2)10-9-15-5-8-19(26-3)20(11-15)27-4/h5-8,11-12,24H,9-10,13H2,1-4H3/p+1. The fraction of sp³-hybridized carbons (Fsp3) is 0.318. The van der Waals surface area contributed by atoms with Gasteiger partial charge >= 0.3 is 5.63 Å². The maximum absolute atomic E-state index is 12.0. The van der Waals surface area contributed by atoms with Crippen molar-refractivity contribution in [2.24, 2.45) is 0 Å². The predicted molar refractivity (Wildman–Crippen MR) is 108 cm³/mol. The summed E-state index contributed by atoms with van der Waals surface area (Å²) in [6, 6.07) is 10.9. The van der Waals surface area contributed by atoms with E-state index in [2.05, 4.69) is 7.05 Å². The van der Waals surface area contributed by atoms with Gasteiger partial charge in [0.05, 0.1) is 27.8 Å². The minimum atomic E-state index is -0.399. The number of rotatable bonds is 7. The van der Waals surface area contributed by atoms with Crippen molar-refractivity contribution < 1.29 is 23.9 Å². The van der Waals surface area contributed by atoms with E-state index in [-0.39, 0.29) is 5.75 Å². The van der Waals surface area contributed by atoms with E-state index in [0.29, 0.717) is 23.4 Å². The van der Waals surface area contributed by atoms with E-state index in [1.807, 2.05) is 18.2 Å². The molecule has 0 aliphatic heterocycles. The first-order valence-electron chi connectivity index (χ1n) is 9.20. The Bertz CT molecular complexity index is 1040. The molecule has 0 amide bonds. The van der Waals surface area contributed by atoms with Gasteiger partial charge in [-0.15, -0.1) is 0 Å². The van der Waals surface area contributed by atoms with Crippen LogP contribution in [0.1, 0.15) is 16.7 Å². The Morgan fingerprint density at radius 1 is 1.07 bits per heavy atom. The number of likely N-dealkylation sites (N-methyl/N-ethyl adjacent to an activating group) is 1. The molecule has 2 aromatic carbocycles. The highest BCUT2D eigenvalue weighted by Gasteiger charge is 2.14. The lowest BCUT2D eigenvalue weighted by molar-refractivity contribution is -0.893. The minimum Gasteiger partial charge on any atom is -0.508 e. The molecule has 1 unspecified atom stereocenters. The number of aromatic hydroxyl groups is 1. The van der Waals surface area contributed by atoms with Gasteiger partial charge in [-0.1, -0.05) is 6.07 Å². The second-order valence-electron chi connectivity index (χ2n) is 7.00. The number of fused-ring (bicyclic) bond motifs is 1. The number of phenols is 1. The van der Waals surface area contributed by atoms with E-state index >= 15 is 0 Å². The van der Waals surface area contributed by atoms with Crippen molar-refractivity contribution in [3.8, 4) is 17.2 Å². The van der Waals surface area contributed by atoms with Crippen LogP contribution in [-0.2, 0) is 13.0 Å². The van der Waals surface area contributed by atoms with E-state index in [1.165, 1.54) is 4.90 Å². The Labute approximate surface area is 163 Å². The maximum atomic E-state index is 12.0. The van der Waals surface area contributed by atoms with Crippen molar-refractivity contribution in [1.82, 2.24) is 0 Å². The fourth-order valence-corrected chi connectivity index (χ4v) is 3.37. The topological polar surface area (TPSA) is 73.3 Å². The number of hydrogen-bond donors (Lipinski definition) is 2. The Kier molecular flexibility index (Phi) is 5.90. The summed E-state index contributed by atoms with van der Waals surface area (Å²) >= 11 is 0. The molecule has 6 nitrogen and oxygen atoms in total. The predicted octanol–water partition coefficient (Wildman–Crippen LogP) is 2.08. The molecular formula is C22H26NO5+. The zero-order chi connectivity index (χ0) is 20.3. The number of ether oxygens (including phenoxy) is 2. The van der Waals surface area contributed by atoms with Crippen molar-refractivity contribution in [2.75, 3.05) is 27.8 Å². The average Bonchev–Trinajstić information content (AvgIpc) is 2.69. The van der Waals surface area contributed by atoms with Gasteiger partial charge in [0, 0.05) is 29.0 Å². The van der Waals surface area contributed by atoms with Gasteiger partial charge in [-0.25, -0.2) is 4.79 Å². The molecule has 1 heterocycles. The molecule has 0 aliphatic carbocycles. The van der Waals surface area contributed by atoms with E-state index in [4.69, 9.17) is 13.9 Å². The van der Waals surface area contributed by atoms with Gasteiger partial charge in [-0.2, -0.15) is 0 Å². The molecule has 0 bridgehead atoms. The molecule has 2 N–H and O–H groups in total. The normalized spacial score (nSPS) is 12.1. The first kappa shape index (κ1) is 19.8. The quantitative estimate of drug-likeness (QED) is 0.610. The largest absolute Gasteiger partial charge is 0.508 e. The summed E-state index contributed by atoms with van der Waals surface area (Å²) in [6.07, 6.45) is 0.866. The first-order valence-corrected chi connectivity index (χ1v) is 9.20. The van der Waals surface area contributed by atoms with Gasteiger partial charge < -0.3 is 23.9 Å². The molecule has 0 spiro atoms. The van der Waals surface area contributed by atoms with Crippen LogP contribution in [0.15, 0.2) is 45.6 Å². The summed E-state index contributed by atoms with van der Waals surface area (Å²) in [5.74, 6) is 1.56. The van der Waals surface area contributed by atoms with Crippen LogP contribution in [0.25, 0.3) is 11.0 Å². The zero-order valence-corrected chi connectivity index (χ0v) is 16.7. The van der Waals surface area contributed by atoms with Gasteiger partial charge in [0.2, 0.25) is 0 Å². The van der Waals surface area contributed by atoms with E-state index in [0.717, 1.165) is 35.2 Å². The molecule has 0 aliphatic rings. The third-order valence-corrected chi connectivity index (χ3v) is 5.00. The minimum absolute atomic E-state index is 0.127. The lowest BCUT2D eigenvalue weighted by Gasteiger charge is -2.16. The van der Waals surface area contributed by atoms with Crippen LogP contribution >= 0.6 is 0 Å². The van der Waals surface area contributed by atoms with Crippen LogP contribution in [-0.4, -0.2) is 32.9 Å². The molecular weight excluding hydrogens is 358 g/mol. The summed E-state index contributed by atoms with van der Waals surface area (Å²) < 4.78 is 16.0. The maximum Gasteiger partial charge on any atom is 0.336 e. The Hall–Kier alpha value is -2.99. The van der Waals surface area contributed by atoms with E-state index in [9.17, 15) is 9.90 Å². The Morgan fingerprint density at radius 3 is 2.54 bits per heavy atom. The van der Waals surface area contributed by atoms with Crippen LogP contribution in [0, 0.1) is 6.92 Å². The third-order valence-electron chi connectivity index (χ3n) is 5.00. The highest BCUT2D eigenvalue weighted by molar-refractivity contribution is 5.84. The lowest BCUT2D eigenvalue weighted by Crippen LogP contribution is -3.07. The molecule has 0 radical (unpaired) electrons. The smallest absolute Gasteiger partial charge is 0.336 e. The molecule has 6 heteroatoms. The number of benzene rings is 2. The number of nitrogens with one attached hydrogen (secondary N) is 1. The van der Waals surface area contributed by atoms with E-state index in [1.54, 1.807) is 39.3 Å². The van der Waals surface area contributed by atoms with Crippen molar-refractivity contribution in [3.63, 3.8) is 0 Å². The second-order valence-corrected chi connectivity index (χ2v) is 7.00. The fourth-order valence-electron chi connectivity index (χ4n) is 3.37. The second kappa shape index (κ2) is 8.35. The first-order chi connectivity index (χ1) is 13.4.